The molecule has 0 fully saturated rings. The monoisotopic (exact) mass is 688 g/mol. The second-order valence-corrected chi connectivity index (χ2v) is 9.54. The zero-order valence-electron chi connectivity index (χ0n) is 22.6. The quantitative estimate of drug-likeness (QED) is 0.188. The van der Waals surface area contributed by atoms with E-state index in [1.54, 1.807) is 0 Å². The van der Waals surface area contributed by atoms with Crippen LogP contribution in [-0.2, 0) is 26.2 Å². The molecule has 0 saturated heterocycles. The molecule has 3 heterocycles. The van der Waals surface area contributed by atoms with Crippen molar-refractivity contribution in [3.05, 3.63) is 104 Å². The van der Waals surface area contributed by atoms with Crippen LogP contribution < -0.4 is 43.1 Å². The van der Waals surface area contributed by atoms with Gasteiger partial charge in [0.2, 0.25) is 0 Å². The third-order valence-corrected chi connectivity index (χ3v) is 7.72. The first-order valence-electron chi connectivity index (χ1n) is 11.9. The van der Waals surface area contributed by atoms with Gasteiger partial charge in [-0.2, -0.15) is 0 Å². The second kappa shape index (κ2) is 15.2. The number of hydrogen-bond donors (Lipinski definition) is 2. The van der Waals surface area contributed by atoms with Crippen molar-refractivity contribution in [3.63, 3.8) is 0 Å². The lowest BCUT2D eigenvalue weighted by molar-refractivity contribution is -0.692. The summed E-state index contributed by atoms with van der Waals surface area (Å²) in [6.07, 6.45) is 0. The molecule has 1 aliphatic rings. The molecule has 4 aromatic rings. The molecule has 0 aliphatic carbocycles. The lowest BCUT2D eigenvalue weighted by atomic mass is 10.1. The number of rotatable bonds is 0. The third-order valence-electron chi connectivity index (χ3n) is 6.90. The summed E-state index contributed by atoms with van der Waals surface area (Å²) in [5, 5.41) is 15.5. The van der Waals surface area contributed by atoms with Crippen molar-refractivity contribution >= 4 is 23.2 Å². The molecular formula is C28H36Br2Cl2N4O2. The highest BCUT2D eigenvalue weighted by Gasteiger charge is 2.27. The van der Waals surface area contributed by atoms with Crippen LogP contribution in [0.3, 0.4) is 0 Å². The summed E-state index contributed by atoms with van der Waals surface area (Å²) >= 11 is 13.8. The van der Waals surface area contributed by atoms with E-state index in [9.17, 15) is 0 Å². The minimum absolute atomic E-state index is 0. The Labute approximate surface area is 256 Å². The summed E-state index contributed by atoms with van der Waals surface area (Å²) in [6, 6.07) is 17.4. The smallest absolute Gasteiger partial charge is 0.355 e. The molecule has 0 radical (unpaired) electrons. The summed E-state index contributed by atoms with van der Waals surface area (Å²) in [5.41, 5.74) is 9.70. The first-order valence-corrected chi connectivity index (χ1v) is 12.6. The molecule has 0 unspecified atom stereocenters. The fourth-order valence-corrected chi connectivity index (χ4v) is 5.49. The van der Waals surface area contributed by atoms with Crippen molar-refractivity contribution in [2.24, 2.45) is 0 Å². The Balaban J connectivity index is 0.00000115. The van der Waals surface area contributed by atoms with E-state index in [1.807, 2.05) is 0 Å². The third kappa shape index (κ3) is 6.90. The topological polar surface area (TPSA) is 58.1 Å². The van der Waals surface area contributed by atoms with Gasteiger partial charge in [0.25, 0.3) is 0 Å². The molecule has 208 valence electrons. The van der Waals surface area contributed by atoms with Gasteiger partial charge in [0.15, 0.2) is 0 Å². The van der Waals surface area contributed by atoms with E-state index in [0.29, 0.717) is 0 Å². The first-order chi connectivity index (χ1) is 17.3. The van der Waals surface area contributed by atoms with Crippen molar-refractivity contribution in [3.8, 4) is 0 Å². The summed E-state index contributed by atoms with van der Waals surface area (Å²) in [7, 11) is 2.00. The first kappa shape index (κ1) is 34.3. The summed E-state index contributed by atoms with van der Waals surface area (Å²) in [6.45, 7) is 11.6. The number of aliphatic hydroxyl groups excluding tert-OH is 2. The van der Waals surface area contributed by atoms with Gasteiger partial charge in [-0.25, -0.2) is 18.3 Å². The SMILES string of the molecule is CO.CO.Cc1c(C)[n+]2c(Cl)n1Cc1cccc(c1)Cn1c(C)c(C)[n+](c1Cl)Cc1cccc(c1)C2.[Br-].[Br-]. The van der Waals surface area contributed by atoms with Crippen LogP contribution in [0.25, 0.3) is 0 Å². The number of imidazole rings is 2. The molecule has 0 amide bonds. The van der Waals surface area contributed by atoms with Gasteiger partial charge in [-0.15, -0.1) is 0 Å². The van der Waals surface area contributed by atoms with Crippen molar-refractivity contribution in [1.82, 2.24) is 9.13 Å². The Hall–Kier alpha value is -1.68. The van der Waals surface area contributed by atoms with Gasteiger partial charge in [-0.3, -0.25) is 0 Å². The van der Waals surface area contributed by atoms with Crippen molar-refractivity contribution in [2.45, 2.75) is 53.9 Å². The normalized spacial score (nSPS) is 11.6. The van der Waals surface area contributed by atoms with E-state index in [0.717, 1.165) is 51.0 Å². The lowest BCUT2D eigenvalue weighted by Gasteiger charge is -2.07. The van der Waals surface area contributed by atoms with E-state index in [1.165, 1.54) is 45.0 Å². The largest absolute Gasteiger partial charge is 1.00 e. The van der Waals surface area contributed by atoms with Gasteiger partial charge in [-0.05, 0) is 34.4 Å². The number of benzene rings is 2. The molecule has 6 nitrogen and oxygen atoms in total. The molecule has 38 heavy (non-hydrogen) atoms. The zero-order valence-corrected chi connectivity index (χ0v) is 27.3. The number of aromatic nitrogens is 4. The van der Waals surface area contributed by atoms with Crippen molar-refractivity contribution < 1.29 is 53.3 Å². The average Bonchev–Trinajstić information content (AvgIpc) is 3.21. The molecular weight excluding hydrogens is 655 g/mol. The van der Waals surface area contributed by atoms with Gasteiger partial charge >= 0.3 is 10.6 Å². The summed E-state index contributed by atoms with van der Waals surface area (Å²) in [4.78, 5) is 0. The average molecular weight is 691 g/mol. The molecule has 2 N–H and O–H groups in total. The fraction of sp³-hybridized carbons (Fsp3) is 0.357. The van der Waals surface area contributed by atoms with Crippen LogP contribution in [0.2, 0.25) is 10.6 Å². The van der Waals surface area contributed by atoms with Crippen molar-refractivity contribution in [1.29, 1.82) is 0 Å². The Kier molecular flexibility index (Phi) is 13.7. The lowest BCUT2D eigenvalue weighted by Crippen LogP contribution is -3.00. The maximum Gasteiger partial charge on any atom is 0.355 e. The van der Waals surface area contributed by atoms with Crippen LogP contribution in [-0.4, -0.2) is 33.6 Å². The predicted molar refractivity (Wildman–Crippen MR) is 144 cm³/mol. The van der Waals surface area contributed by atoms with Crippen molar-refractivity contribution in [2.75, 3.05) is 14.2 Å². The highest BCUT2D eigenvalue weighted by atomic mass is 79.9. The van der Waals surface area contributed by atoms with Gasteiger partial charge in [0, 0.05) is 65.1 Å². The second-order valence-electron chi connectivity index (χ2n) is 8.86. The molecule has 8 bridgehead atoms. The van der Waals surface area contributed by atoms with E-state index >= 15 is 0 Å². The van der Waals surface area contributed by atoms with Gasteiger partial charge in [0.05, 0.1) is 0 Å². The van der Waals surface area contributed by atoms with E-state index in [2.05, 4.69) is 94.5 Å². The molecule has 0 saturated carbocycles. The minimum Gasteiger partial charge on any atom is -1.00 e. The highest BCUT2D eigenvalue weighted by molar-refractivity contribution is 6.27. The van der Waals surface area contributed by atoms with E-state index in [4.69, 9.17) is 33.4 Å². The summed E-state index contributed by atoms with van der Waals surface area (Å²) < 4.78 is 8.82. The van der Waals surface area contributed by atoms with E-state index in [-0.39, 0.29) is 34.0 Å². The van der Waals surface area contributed by atoms with Gasteiger partial charge < -0.3 is 44.2 Å². The number of aliphatic hydroxyl groups is 2. The Morgan fingerprint density at radius 2 is 0.921 bits per heavy atom. The minimum atomic E-state index is 0. The van der Waals surface area contributed by atoms with Crippen LogP contribution >= 0.6 is 23.2 Å². The standard InChI is InChI=1S/C26H28Cl2N4.2CH4O.2BrH/c1-17-18(2)30-14-22-8-6-10-24(12-22)16-32-20(4)19(3)31(26(32)28)15-23-9-5-7-21(11-23)13-29(17)25(30)27;2*1-2;;/h5-12H,13-16H2,1-4H3;2*2H,1H3;2*1H/q+2;;;;/p-2. The molecule has 10 heteroatoms. The molecule has 2 aromatic heterocycles. The molecule has 0 spiro atoms. The molecule has 5 rings (SSSR count). The molecule has 0 atom stereocenters. The summed E-state index contributed by atoms with van der Waals surface area (Å²) in [5.74, 6) is 0. The Morgan fingerprint density at radius 3 is 1.29 bits per heavy atom. The van der Waals surface area contributed by atoms with Crippen LogP contribution in [0.5, 0.6) is 0 Å². The van der Waals surface area contributed by atoms with Crippen LogP contribution in [0.15, 0.2) is 48.5 Å². The van der Waals surface area contributed by atoms with Gasteiger partial charge in [-0.1, -0.05) is 36.4 Å². The number of halogens is 4. The molecule has 1 aliphatic heterocycles. The number of hydrogen-bond acceptors (Lipinski definition) is 2. The number of nitrogens with zero attached hydrogens (tertiary/aromatic N) is 4. The Bertz CT molecular complexity index is 1180. The Morgan fingerprint density at radius 1 is 0.605 bits per heavy atom. The highest BCUT2D eigenvalue weighted by Crippen LogP contribution is 2.21. The zero-order chi connectivity index (χ0) is 26.6. The van der Waals surface area contributed by atoms with Gasteiger partial charge in [0.1, 0.15) is 49.0 Å². The van der Waals surface area contributed by atoms with E-state index < -0.39 is 0 Å². The molecule has 2 aromatic carbocycles. The maximum absolute atomic E-state index is 7.00. The van der Waals surface area contributed by atoms with Crippen LogP contribution in [0.1, 0.15) is 45.0 Å². The maximum atomic E-state index is 7.00. The van der Waals surface area contributed by atoms with Crippen LogP contribution in [0, 0.1) is 27.7 Å². The fourth-order valence-electron chi connectivity index (χ4n) is 4.74. The predicted octanol–water partition coefficient (Wildman–Crippen LogP) is -1.86. The number of fused-ring (bicyclic) bond motifs is 8. The van der Waals surface area contributed by atoms with Crippen LogP contribution in [0.4, 0.5) is 0 Å².